The fourth-order valence-corrected chi connectivity index (χ4v) is 3.69. The molecule has 1 heterocycles. The van der Waals surface area contributed by atoms with Gasteiger partial charge in [0.05, 0.1) is 12.1 Å². The molecule has 0 amide bonds. The predicted molar refractivity (Wildman–Crippen MR) is 113 cm³/mol. The third kappa shape index (κ3) is 4.11. The van der Waals surface area contributed by atoms with Crippen LogP contribution in [0.1, 0.15) is 30.4 Å². The van der Waals surface area contributed by atoms with Gasteiger partial charge in [0.25, 0.3) is 0 Å². The average molecular weight is 355 g/mol. The fourth-order valence-electron chi connectivity index (χ4n) is 3.69. The van der Waals surface area contributed by atoms with Crippen LogP contribution in [0.25, 0.3) is 21.7 Å². The van der Waals surface area contributed by atoms with Crippen LogP contribution < -0.4 is 4.74 Å². The first-order valence-electron chi connectivity index (χ1n) is 9.76. The van der Waals surface area contributed by atoms with Crippen LogP contribution in [-0.2, 0) is 6.42 Å². The fraction of sp³-hybridized carbons (Fsp3) is 0.240. The molecular formula is C25H25NO. The van der Waals surface area contributed by atoms with Crippen molar-refractivity contribution >= 4 is 21.7 Å². The summed E-state index contributed by atoms with van der Waals surface area (Å²) in [5, 5.41) is 3.66. The van der Waals surface area contributed by atoms with E-state index in [2.05, 4.69) is 78.6 Å². The first-order valence-corrected chi connectivity index (χ1v) is 9.76. The van der Waals surface area contributed by atoms with Crippen molar-refractivity contribution in [2.45, 2.75) is 32.6 Å². The van der Waals surface area contributed by atoms with Gasteiger partial charge in [-0.2, -0.15) is 0 Å². The molecule has 0 spiro atoms. The van der Waals surface area contributed by atoms with E-state index in [0.29, 0.717) is 0 Å². The average Bonchev–Trinajstić information content (AvgIpc) is 2.71. The van der Waals surface area contributed by atoms with Gasteiger partial charge in [0.15, 0.2) is 0 Å². The standard InChI is InChI=1S/C25H25NO/c1-19-16-22(27-15-9-3-6-12-20-10-4-2-5-11-20)17-24-25(19)23-14-8-7-13-21(23)18-26-24/h2,4-5,7-8,10-11,13-14,16-18H,3,6,9,12,15H2,1H3. The van der Waals surface area contributed by atoms with Crippen molar-refractivity contribution in [3.8, 4) is 5.75 Å². The number of hydrogen-bond donors (Lipinski definition) is 0. The molecule has 0 aliphatic rings. The Balaban J connectivity index is 1.36. The Morgan fingerprint density at radius 3 is 2.56 bits per heavy atom. The van der Waals surface area contributed by atoms with E-state index in [9.17, 15) is 0 Å². The highest BCUT2D eigenvalue weighted by Crippen LogP contribution is 2.30. The predicted octanol–water partition coefficient (Wildman–Crippen LogP) is 6.49. The summed E-state index contributed by atoms with van der Waals surface area (Å²) in [5.74, 6) is 0.922. The normalized spacial score (nSPS) is 11.1. The van der Waals surface area contributed by atoms with Crippen molar-refractivity contribution in [2.24, 2.45) is 0 Å². The molecule has 3 aromatic carbocycles. The summed E-state index contributed by atoms with van der Waals surface area (Å²) in [7, 11) is 0. The van der Waals surface area contributed by atoms with Gasteiger partial charge in [-0.3, -0.25) is 4.98 Å². The molecule has 0 bridgehead atoms. The Labute approximate surface area is 160 Å². The maximum absolute atomic E-state index is 6.02. The van der Waals surface area contributed by atoms with Crippen LogP contribution in [-0.4, -0.2) is 11.6 Å². The maximum atomic E-state index is 6.02. The molecule has 4 aromatic rings. The second-order valence-corrected chi connectivity index (χ2v) is 7.12. The topological polar surface area (TPSA) is 22.1 Å². The lowest BCUT2D eigenvalue weighted by Gasteiger charge is -2.11. The summed E-state index contributed by atoms with van der Waals surface area (Å²) in [6.07, 6.45) is 6.56. The van der Waals surface area contributed by atoms with Crippen molar-refractivity contribution < 1.29 is 4.74 Å². The van der Waals surface area contributed by atoms with Crippen molar-refractivity contribution in [1.82, 2.24) is 4.98 Å². The van der Waals surface area contributed by atoms with Crippen molar-refractivity contribution in [2.75, 3.05) is 6.61 Å². The summed E-state index contributed by atoms with van der Waals surface area (Å²) in [5.41, 5.74) is 3.64. The molecule has 2 heteroatoms. The first-order chi connectivity index (χ1) is 13.3. The molecular weight excluding hydrogens is 330 g/mol. The van der Waals surface area contributed by atoms with Gasteiger partial charge in [-0.25, -0.2) is 0 Å². The van der Waals surface area contributed by atoms with Crippen LogP contribution in [0, 0.1) is 6.92 Å². The van der Waals surface area contributed by atoms with E-state index in [1.54, 1.807) is 0 Å². The van der Waals surface area contributed by atoms with E-state index < -0.39 is 0 Å². The molecule has 0 fully saturated rings. The molecule has 0 saturated carbocycles. The number of benzene rings is 3. The zero-order valence-electron chi connectivity index (χ0n) is 15.8. The molecule has 0 saturated heterocycles. The van der Waals surface area contributed by atoms with Crippen molar-refractivity contribution in [3.05, 3.63) is 84.1 Å². The monoisotopic (exact) mass is 355 g/mol. The number of ether oxygens (including phenoxy) is 1. The number of pyridine rings is 1. The molecule has 136 valence electrons. The minimum Gasteiger partial charge on any atom is -0.494 e. The summed E-state index contributed by atoms with van der Waals surface area (Å²) in [4.78, 5) is 4.64. The van der Waals surface area contributed by atoms with Gasteiger partial charge in [-0.1, -0.05) is 54.6 Å². The van der Waals surface area contributed by atoms with Gasteiger partial charge in [0.2, 0.25) is 0 Å². The van der Waals surface area contributed by atoms with Crippen molar-refractivity contribution in [1.29, 1.82) is 0 Å². The second-order valence-electron chi connectivity index (χ2n) is 7.12. The summed E-state index contributed by atoms with van der Waals surface area (Å²) >= 11 is 0. The van der Waals surface area contributed by atoms with Gasteiger partial charge >= 0.3 is 0 Å². The third-order valence-electron chi connectivity index (χ3n) is 5.08. The van der Waals surface area contributed by atoms with Gasteiger partial charge < -0.3 is 4.74 Å². The van der Waals surface area contributed by atoms with Gasteiger partial charge in [0.1, 0.15) is 5.75 Å². The van der Waals surface area contributed by atoms with Crippen LogP contribution in [0.15, 0.2) is 72.9 Å². The van der Waals surface area contributed by atoms with Crippen LogP contribution in [0.5, 0.6) is 5.75 Å². The number of aryl methyl sites for hydroxylation is 2. The van der Waals surface area contributed by atoms with Crippen molar-refractivity contribution in [3.63, 3.8) is 0 Å². The molecule has 4 rings (SSSR count). The number of unbranched alkanes of at least 4 members (excludes halogenated alkanes) is 2. The minimum atomic E-state index is 0.757. The molecule has 2 nitrogen and oxygen atoms in total. The van der Waals surface area contributed by atoms with Gasteiger partial charge in [0, 0.05) is 23.0 Å². The number of nitrogens with zero attached hydrogens (tertiary/aromatic N) is 1. The third-order valence-corrected chi connectivity index (χ3v) is 5.08. The van der Waals surface area contributed by atoms with E-state index in [4.69, 9.17) is 4.74 Å². The van der Waals surface area contributed by atoms with E-state index in [0.717, 1.165) is 30.7 Å². The quantitative estimate of drug-likeness (QED) is 0.279. The lowest BCUT2D eigenvalue weighted by atomic mass is 10.0. The largest absolute Gasteiger partial charge is 0.494 e. The molecule has 0 aliphatic heterocycles. The van der Waals surface area contributed by atoms with Gasteiger partial charge in [-0.05, 0) is 55.2 Å². The minimum absolute atomic E-state index is 0.757. The van der Waals surface area contributed by atoms with E-state index >= 15 is 0 Å². The lowest BCUT2D eigenvalue weighted by Crippen LogP contribution is -1.99. The molecule has 1 aromatic heterocycles. The summed E-state index contributed by atoms with van der Waals surface area (Å²) in [6.45, 7) is 2.90. The van der Waals surface area contributed by atoms with Gasteiger partial charge in [-0.15, -0.1) is 0 Å². The van der Waals surface area contributed by atoms with E-state index in [-0.39, 0.29) is 0 Å². The first kappa shape index (κ1) is 17.5. The Morgan fingerprint density at radius 1 is 0.852 bits per heavy atom. The highest BCUT2D eigenvalue weighted by molar-refractivity contribution is 6.07. The molecule has 0 N–H and O–H groups in total. The molecule has 0 unspecified atom stereocenters. The van der Waals surface area contributed by atoms with Crippen LogP contribution in [0.2, 0.25) is 0 Å². The lowest BCUT2D eigenvalue weighted by molar-refractivity contribution is 0.305. The Bertz CT molecular complexity index is 1040. The van der Waals surface area contributed by atoms with E-state index in [1.165, 1.54) is 40.1 Å². The molecule has 27 heavy (non-hydrogen) atoms. The summed E-state index contributed by atoms with van der Waals surface area (Å²) < 4.78 is 6.02. The number of rotatable bonds is 7. The number of hydrogen-bond acceptors (Lipinski definition) is 2. The summed E-state index contributed by atoms with van der Waals surface area (Å²) in [6, 6.07) is 23.3. The Kier molecular flexibility index (Phi) is 5.34. The number of aromatic nitrogens is 1. The molecule has 0 radical (unpaired) electrons. The zero-order valence-corrected chi connectivity index (χ0v) is 15.8. The Morgan fingerprint density at radius 2 is 1.67 bits per heavy atom. The Hall–Kier alpha value is -2.87. The smallest absolute Gasteiger partial charge is 0.121 e. The van der Waals surface area contributed by atoms with Crippen LogP contribution in [0.3, 0.4) is 0 Å². The van der Waals surface area contributed by atoms with Crippen LogP contribution in [0.4, 0.5) is 0 Å². The zero-order chi connectivity index (χ0) is 18.5. The van der Waals surface area contributed by atoms with E-state index in [1.807, 2.05) is 6.20 Å². The highest BCUT2D eigenvalue weighted by atomic mass is 16.5. The highest BCUT2D eigenvalue weighted by Gasteiger charge is 2.07. The number of fused-ring (bicyclic) bond motifs is 3. The maximum Gasteiger partial charge on any atom is 0.121 e. The molecule has 0 aliphatic carbocycles. The molecule has 0 atom stereocenters. The second kappa shape index (κ2) is 8.22. The van der Waals surface area contributed by atoms with Crippen LogP contribution >= 0.6 is 0 Å². The SMILES string of the molecule is Cc1cc(OCCCCCc2ccccc2)cc2ncc3ccccc3c12.